The Balaban J connectivity index is 3.63. The first-order valence-electron chi connectivity index (χ1n) is 3.09. The second-order valence-corrected chi connectivity index (χ2v) is 2.61. The molecule has 0 fully saturated rings. The lowest BCUT2D eigenvalue weighted by Crippen LogP contribution is -2.20. The van der Waals surface area contributed by atoms with Gasteiger partial charge in [0.1, 0.15) is 0 Å². The fourth-order valence-corrected chi connectivity index (χ4v) is 0.550. The van der Waals surface area contributed by atoms with Crippen molar-refractivity contribution >= 4 is 0 Å². The Morgan fingerprint density at radius 1 is 1.44 bits per heavy atom. The summed E-state index contributed by atoms with van der Waals surface area (Å²) in [6.07, 6.45) is 0.856. The normalized spacial score (nSPS) is 12.8. The Bertz CT molecular complexity index is 125. The second kappa shape index (κ2) is 3.46. The molecule has 1 heteroatoms. The molecular weight excluding hydrogens is 110 g/mol. The van der Waals surface area contributed by atoms with E-state index in [0.717, 1.165) is 17.6 Å². The molecule has 0 rings (SSSR count). The molecule has 2 N–H and O–H groups in total. The number of nitrogens with two attached hydrogens (primary N) is 1. The number of rotatable bonds is 3. The van der Waals surface area contributed by atoms with E-state index in [9.17, 15) is 0 Å². The van der Waals surface area contributed by atoms with Gasteiger partial charge in [0.2, 0.25) is 0 Å². The highest BCUT2D eigenvalue weighted by molar-refractivity contribution is 5.06. The third-order valence-corrected chi connectivity index (χ3v) is 1.20. The molecule has 0 heterocycles. The maximum absolute atomic E-state index is 5.66. The Labute approximate surface area is 57.3 Å². The first-order valence-corrected chi connectivity index (χ1v) is 3.09. The van der Waals surface area contributed by atoms with Gasteiger partial charge in [0, 0.05) is 6.04 Å². The van der Waals surface area contributed by atoms with Crippen LogP contribution < -0.4 is 5.73 Å². The minimum atomic E-state index is 0.0995. The summed E-state index contributed by atoms with van der Waals surface area (Å²) in [5.74, 6) is 0. The molecule has 0 bridgehead atoms. The van der Waals surface area contributed by atoms with Gasteiger partial charge >= 0.3 is 0 Å². The van der Waals surface area contributed by atoms with E-state index >= 15 is 0 Å². The van der Waals surface area contributed by atoms with Crippen molar-refractivity contribution in [3.05, 3.63) is 24.3 Å². The summed E-state index contributed by atoms with van der Waals surface area (Å²) in [7, 11) is 0. The molecule has 1 nitrogen and oxygen atoms in total. The van der Waals surface area contributed by atoms with Crippen LogP contribution in [0.4, 0.5) is 0 Å². The highest BCUT2D eigenvalue weighted by atomic mass is 14.6. The van der Waals surface area contributed by atoms with Crippen LogP contribution in [0.3, 0.4) is 0 Å². The standard InChI is InChI=1S/C8H15N/c1-6(2)5-8(9)7(3)4/h8H,1,3,5,9H2,2,4H3. The molecular formula is C8H15N. The minimum Gasteiger partial charge on any atom is -0.324 e. The summed E-state index contributed by atoms with van der Waals surface area (Å²) in [6, 6.07) is 0.0995. The van der Waals surface area contributed by atoms with E-state index < -0.39 is 0 Å². The SMILES string of the molecule is C=C(C)CC(N)C(=C)C. The maximum atomic E-state index is 5.66. The van der Waals surface area contributed by atoms with Gasteiger partial charge in [-0.25, -0.2) is 0 Å². The van der Waals surface area contributed by atoms with Crippen molar-refractivity contribution in [3.8, 4) is 0 Å². The van der Waals surface area contributed by atoms with Gasteiger partial charge in [0.05, 0.1) is 0 Å². The zero-order valence-corrected chi connectivity index (χ0v) is 6.28. The largest absolute Gasteiger partial charge is 0.324 e. The van der Waals surface area contributed by atoms with Gasteiger partial charge in [-0.05, 0) is 20.3 Å². The van der Waals surface area contributed by atoms with Crippen molar-refractivity contribution in [2.24, 2.45) is 5.73 Å². The van der Waals surface area contributed by atoms with Crippen molar-refractivity contribution in [1.29, 1.82) is 0 Å². The molecule has 1 unspecified atom stereocenters. The highest BCUT2D eigenvalue weighted by Gasteiger charge is 2.00. The van der Waals surface area contributed by atoms with Gasteiger partial charge in [-0.2, -0.15) is 0 Å². The molecule has 0 aromatic rings. The van der Waals surface area contributed by atoms with E-state index in [1.54, 1.807) is 0 Å². The number of hydrogen-bond donors (Lipinski definition) is 1. The topological polar surface area (TPSA) is 26.0 Å². The molecule has 0 aromatic heterocycles. The van der Waals surface area contributed by atoms with E-state index in [1.165, 1.54) is 0 Å². The van der Waals surface area contributed by atoms with E-state index in [1.807, 2.05) is 13.8 Å². The predicted octanol–water partition coefficient (Wildman–Crippen LogP) is 1.86. The molecule has 52 valence electrons. The predicted molar refractivity (Wildman–Crippen MR) is 42.2 cm³/mol. The quantitative estimate of drug-likeness (QED) is 0.572. The van der Waals surface area contributed by atoms with Crippen LogP contribution in [-0.4, -0.2) is 6.04 Å². The third-order valence-electron chi connectivity index (χ3n) is 1.20. The molecule has 0 saturated heterocycles. The molecule has 0 spiro atoms. The van der Waals surface area contributed by atoms with E-state index in [0.29, 0.717) is 0 Å². The molecule has 0 radical (unpaired) electrons. The summed E-state index contributed by atoms with van der Waals surface area (Å²) in [5, 5.41) is 0. The van der Waals surface area contributed by atoms with Crippen LogP contribution in [0, 0.1) is 0 Å². The Morgan fingerprint density at radius 3 is 2.00 bits per heavy atom. The van der Waals surface area contributed by atoms with Crippen LogP contribution >= 0.6 is 0 Å². The summed E-state index contributed by atoms with van der Waals surface area (Å²) < 4.78 is 0. The van der Waals surface area contributed by atoms with Crippen molar-refractivity contribution in [3.63, 3.8) is 0 Å². The molecule has 9 heavy (non-hydrogen) atoms. The van der Waals surface area contributed by atoms with Crippen molar-refractivity contribution in [2.45, 2.75) is 26.3 Å². The van der Waals surface area contributed by atoms with Gasteiger partial charge in [-0.15, -0.1) is 6.58 Å². The molecule has 0 aliphatic rings. The van der Waals surface area contributed by atoms with Gasteiger partial charge in [-0.1, -0.05) is 17.7 Å². The number of hydrogen-bond acceptors (Lipinski definition) is 1. The average molecular weight is 125 g/mol. The summed E-state index contributed by atoms with van der Waals surface area (Å²) in [5.41, 5.74) is 7.80. The minimum absolute atomic E-state index is 0.0995. The first kappa shape index (κ1) is 8.44. The van der Waals surface area contributed by atoms with E-state index in [4.69, 9.17) is 5.73 Å². The summed E-state index contributed by atoms with van der Waals surface area (Å²) >= 11 is 0. The molecule has 0 amide bonds. The second-order valence-electron chi connectivity index (χ2n) is 2.61. The third kappa shape index (κ3) is 3.98. The van der Waals surface area contributed by atoms with Crippen molar-refractivity contribution in [1.82, 2.24) is 0 Å². The van der Waals surface area contributed by atoms with Crippen LogP contribution in [0.5, 0.6) is 0 Å². The average Bonchev–Trinajstić information content (AvgIpc) is 1.63. The molecule has 1 atom stereocenters. The van der Waals surface area contributed by atoms with Crippen LogP contribution in [-0.2, 0) is 0 Å². The zero-order chi connectivity index (χ0) is 7.44. The van der Waals surface area contributed by atoms with Crippen LogP contribution in [0.2, 0.25) is 0 Å². The van der Waals surface area contributed by atoms with Crippen LogP contribution in [0.1, 0.15) is 20.3 Å². The fourth-order valence-electron chi connectivity index (χ4n) is 0.550. The molecule has 0 aliphatic heterocycles. The molecule has 0 saturated carbocycles. The lowest BCUT2D eigenvalue weighted by molar-refractivity contribution is 0.761. The highest BCUT2D eigenvalue weighted by Crippen LogP contribution is 2.05. The van der Waals surface area contributed by atoms with Crippen LogP contribution in [0.25, 0.3) is 0 Å². The van der Waals surface area contributed by atoms with Gasteiger partial charge in [-0.3, -0.25) is 0 Å². The first-order chi connectivity index (χ1) is 4.04. The zero-order valence-electron chi connectivity index (χ0n) is 6.28. The van der Waals surface area contributed by atoms with Gasteiger partial charge in [0.15, 0.2) is 0 Å². The van der Waals surface area contributed by atoms with Crippen molar-refractivity contribution in [2.75, 3.05) is 0 Å². The van der Waals surface area contributed by atoms with Gasteiger partial charge < -0.3 is 5.73 Å². The lowest BCUT2D eigenvalue weighted by atomic mass is 10.0. The van der Waals surface area contributed by atoms with Crippen molar-refractivity contribution < 1.29 is 0 Å². The monoisotopic (exact) mass is 125 g/mol. The Morgan fingerprint density at radius 2 is 1.89 bits per heavy atom. The smallest absolute Gasteiger partial charge is 0.0285 e. The fraction of sp³-hybridized carbons (Fsp3) is 0.500. The Hall–Kier alpha value is -0.560. The molecule has 0 aliphatic carbocycles. The van der Waals surface area contributed by atoms with E-state index in [2.05, 4.69) is 13.2 Å². The molecule has 0 aromatic carbocycles. The lowest BCUT2D eigenvalue weighted by Gasteiger charge is -2.09. The van der Waals surface area contributed by atoms with Gasteiger partial charge in [0.25, 0.3) is 0 Å². The summed E-state index contributed by atoms with van der Waals surface area (Å²) in [4.78, 5) is 0. The van der Waals surface area contributed by atoms with Crippen LogP contribution in [0.15, 0.2) is 24.3 Å². The Kier molecular flexibility index (Phi) is 3.25. The van der Waals surface area contributed by atoms with E-state index in [-0.39, 0.29) is 6.04 Å². The maximum Gasteiger partial charge on any atom is 0.0285 e. The summed E-state index contributed by atoms with van der Waals surface area (Å²) in [6.45, 7) is 11.4.